The first-order chi connectivity index (χ1) is 15.1. The summed E-state index contributed by atoms with van der Waals surface area (Å²) in [6.45, 7) is 10.6. The third-order valence-corrected chi connectivity index (χ3v) is 5.49. The highest BCUT2D eigenvalue weighted by molar-refractivity contribution is 6.08. The van der Waals surface area contributed by atoms with Gasteiger partial charge in [-0.1, -0.05) is 33.6 Å². The molecule has 1 atom stereocenters. The number of hydrogen-bond donors (Lipinski definition) is 0. The van der Waals surface area contributed by atoms with Crippen molar-refractivity contribution >= 4 is 11.6 Å². The van der Waals surface area contributed by atoms with E-state index in [0.29, 0.717) is 17.0 Å². The van der Waals surface area contributed by atoms with Crippen molar-refractivity contribution in [3.05, 3.63) is 59.7 Å². The highest BCUT2D eigenvalue weighted by Crippen LogP contribution is 2.20. The van der Waals surface area contributed by atoms with Crippen LogP contribution in [-0.4, -0.2) is 44.4 Å². The lowest BCUT2D eigenvalue weighted by Gasteiger charge is -2.31. The molecular weight excluding hydrogens is 388 g/mol. The maximum Gasteiger partial charge on any atom is 0.234 e. The molecule has 0 radical (unpaired) electrons. The Morgan fingerprint density at radius 2 is 1.74 bits per heavy atom. The summed E-state index contributed by atoms with van der Waals surface area (Å²) in [4.78, 5) is 24.1. The van der Waals surface area contributed by atoms with Crippen LogP contribution < -0.4 is 4.74 Å². The van der Waals surface area contributed by atoms with Crippen LogP contribution in [0.1, 0.15) is 74.6 Å². The van der Waals surface area contributed by atoms with Crippen molar-refractivity contribution in [2.24, 2.45) is 0 Å². The minimum absolute atomic E-state index is 0.0488. The monoisotopic (exact) mass is 422 g/mol. The smallest absolute Gasteiger partial charge is 0.234 e. The van der Waals surface area contributed by atoms with Crippen LogP contribution in [0.2, 0.25) is 0 Å². The van der Waals surface area contributed by atoms with E-state index in [1.807, 2.05) is 43.5 Å². The standard InChI is InChI=1S/C25H34N4O2/c1-5-8-15-28(16-9-6-2)23(7-3)31-21-12-10-20(11-13-21)24(30)22-18-26-25-27-19(4)14-17-29(22)25/h10-14,17-18,23H,5-9,15-16H2,1-4H3. The average Bonchev–Trinajstić information content (AvgIpc) is 3.20. The molecule has 0 fully saturated rings. The number of ketones is 1. The second kappa shape index (κ2) is 11.0. The van der Waals surface area contributed by atoms with E-state index < -0.39 is 0 Å². The molecule has 1 aromatic carbocycles. The fourth-order valence-electron chi connectivity index (χ4n) is 3.65. The molecule has 1 unspecified atom stereocenters. The average molecular weight is 423 g/mol. The topological polar surface area (TPSA) is 59.7 Å². The molecular formula is C25H34N4O2. The zero-order chi connectivity index (χ0) is 22.2. The third-order valence-electron chi connectivity index (χ3n) is 5.49. The number of ether oxygens (including phenoxy) is 1. The lowest BCUT2D eigenvalue weighted by Crippen LogP contribution is -2.40. The number of nitrogens with zero attached hydrogens (tertiary/aromatic N) is 4. The van der Waals surface area contributed by atoms with Crippen LogP contribution in [0.4, 0.5) is 0 Å². The van der Waals surface area contributed by atoms with Crippen LogP contribution in [0.15, 0.2) is 42.7 Å². The van der Waals surface area contributed by atoms with E-state index in [9.17, 15) is 4.79 Å². The molecule has 166 valence electrons. The SMILES string of the molecule is CCCCN(CCCC)C(CC)Oc1ccc(C(=O)c2cnc3nc(C)ccn23)cc1. The zero-order valence-electron chi connectivity index (χ0n) is 19.2. The normalized spacial score (nSPS) is 12.4. The first kappa shape index (κ1) is 22.9. The fraction of sp³-hybridized carbons (Fsp3) is 0.480. The van der Waals surface area contributed by atoms with Gasteiger partial charge in [-0.05, 0) is 56.5 Å². The van der Waals surface area contributed by atoms with Gasteiger partial charge in [0.2, 0.25) is 11.6 Å². The molecule has 0 bridgehead atoms. The Hall–Kier alpha value is -2.73. The molecule has 3 rings (SSSR count). The van der Waals surface area contributed by atoms with E-state index in [2.05, 4.69) is 35.6 Å². The molecule has 6 nitrogen and oxygen atoms in total. The molecule has 0 spiro atoms. The number of hydrogen-bond acceptors (Lipinski definition) is 5. The van der Waals surface area contributed by atoms with Gasteiger partial charge in [-0.15, -0.1) is 0 Å². The Morgan fingerprint density at radius 3 is 2.35 bits per heavy atom. The van der Waals surface area contributed by atoms with Crippen LogP contribution in [-0.2, 0) is 0 Å². The van der Waals surface area contributed by atoms with Crippen molar-refractivity contribution in [3.8, 4) is 5.75 Å². The van der Waals surface area contributed by atoms with Gasteiger partial charge in [-0.25, -0.2) is 9.97 Å². The molecule has 2 heterocycles. The molecule has 0 N–H and O–H groups in total. The number of carbonyl (C=O) groups excluding carboxylic acids is 1. The van der Waals surface area contributed by atoms with Crippen LogP contribution in [0.3, 0.4) is 0 Å². The van der Waals surface area contributed by atoms with Gasteiger partial charge in [0.25, 0.3) is 0 Å². The summed E-state index contributed by atoms with van der Waals surface area (Å²) in [5, 5.41) is 0. The molecule has 0 saturated carbocycles. The van der Waals surface area contributed by atoms with E-state index in [-0.39, 0.29) is 12.0 Å². The van der Waals surface area contributed by atoms with Gasteiger partial charge in [0.15, 0.2) is 6.23 Å². The number of benzene rings is 1. The maximum absolute atomic E-state index is 13.0. The number of rotatable bonds is 12. The highest BCUT2D eigenvalue weighted by atomic mass is 16.5. The minimum atomic E-state index is -0.0794. The summed E-state index contributed by atoms with van der Waals surface area (Å²) >= 11 is 0. The number of fused-ring (bicyclic) bond motifs is 1. The summed E-state index contributed by atoms with van der Waals surface area (Å²) in [5.41, 5.74) is 1.99. The van der Waals surface area contributed by atoms with Crippen LogP contribution in [0.25, 0.3) is 5.78 Å². The Morgan fingerprint density at radius 1 is 1.06 bits per heavy atom. The number of carbonyl (C=O) groups is 1. The quantitative estimate of drug-likeness (QED) is 0.293. The van der Waals surface area contributed by atoms with Crippen LogP contribution >= 0.6 is 0 Å². The Balaban J connectivity index is 1.72. The molecule has 0 aliphatic rings. The van der Waals surface area contributed by atoms with Gasteiger partial charge < -0.3 is 4.74 Å². The molecule has 0 aliphatic heterocycles. The van der Waals surface area contributed by atoms with Crippen molar-refractivity contribution in [2.75, 3.05) is 13.1 Å². The summed E-state index contributed by atoms with van der Waals surface area (Å²) < 4.78 is 8.04. The van der Waals surface area contributed by atoms with E-state index in [4.69, 9.17) is 4.74 Å². The van der Waals surface area contributed by atoms with E-state index >= 15 is 0 Å². The second-order valence-corrected chi connectivity index (χ2v) is 7.96. The number of aryl methyl sites for hydroxylation is 1. The molecule has 2 aromatic heterocycles. The highest BCUT2D eigenvalue weighted by Gasteiger charge is 2.19. The van der Waals surface area contributed by atoms with Crippen molar-refractivity contribution in [3.63, 3.8) is 0 Å². The van der Waals surface area contributed by atoms with Crippen molar-refractivity contribution in [1.82, 2.24) is 19.3 Å². The van der Waals surface area contributed by atoms with Gasteiger partial charge >= 0.3 is 0 Å². The van der Waals surface area contributed by atoms with Gasteiger partial charge in [0.05, 0.1) is 6.20 Å². The molecule has 3 aromatic rings. The molecule has 0 amide bonds. The Bertz CT molecular complexity index is 973. The van der Waals surface area contributed by atoms with Crippen molar-refractivity contribution in [2.45, 2.75) is 66.0 Å². The second-order valence-electron chi connectivity index (χ2n) is 7.96. The first-order valence-electron chi connectivity index (χ1n) is 11.4. The Labute approximate surface area is 185 Å². The van der Waals surface area contributed by atoms with Crippen molar-refractivity contribution < 1.29 is 9.53 Å². The number of aromatic nitrogens is 3. The number of imidazole rings is 1. The molecule has 0 saturated heterocycles. The maximum atomic E-state index is 13.0. The van der Waals surface area contributed by atoms with E-state index in [1.54, 1.807) is 10.6 Å². The largest absolute Gasteiger partial charge is 0.475 e. The first-order valence-corrected chi connectivity index (χ1v) is 11.4. The van der Waals surface area contributed by atoms with Crippen LogP contribution in [0.5, 0.6) is 5.75 Å². The molecule has 0 aliphatic carbocycles. The molecule has 6 heteroatoms. The Kier molecular flexibility index (Phi) is 8.18. The lowest BCUT2D eigenvalue weighted by molar-refractivity contribution is 0.0202. The van der Waals surface area contributed by atoms with Gasteiger partial charge in [-0.3, -0.25) is 14.1 Å². The minimum Gasteiger partial charge on any atom is -0.475 e. The fourth-order valence-corrected chi connectivity index (χ4v) is 3.65. The molecule has 31 heavy (non-hydrogen) atoms. The summed E-state index contributed by atoms with van der Waals surface area (Å²) in [6, 6.07) is 9.30. The predicted molar refractivity (Wildman–Crippen MR) is 124 cm³/mol. The lowest BCUT2D eigenvalue weighted by atomic mass is 10.1. The summed E-state index contributed by atoms with van der Waals surface area (Å²) in [5.74, 6) is 1.24. The van der Waals surface area contributed by atoms with Gasteiger partial charge in [0, 0.05) is 30.5 Å². The number of unbranched alkanes of at least 4 members (excludes halogenated alkanes) is 2. The van der Waals surface area contributed by atoms with Gasteiger partial charge in [0.1, 0.15) is 11.4 Å². The predicted octanol–water partition coefficient (Wildman–Crippen LogP) is 5.29. The zero-order valence-corrected chi connectivity index (χ0v) is 19.2. The van der Waals surface area contributed by atoms with Crippen molar-refractivity contribution in [1.29, 1.82) is 0 Å². The summed E-state index contributed by atoms with van der Waals surface area (Å²) in [6.07, 6.45) is 9.08. The third kappa shape index (κ3) is 5.70. The summed E-state index contributed by atoms with van der Waals surface area (Å²) in [7, 11) is 0. The van der Waals surface area contributed by atoms with E-state index in [0.717, 1.165) is 31.0 Å². The van der Waals surface area contributed by atoms with E-state index in [1.165, 1.54) is 25.7 Å². The van der Waals surface area contributed by atoms with Gasteiger partial charge in [-0.2, -0.15) is 0 Å². The van der Waals surface area contributed by atoms with Crippen LogP contribution in [0, 0.1) is 6.92 Å².